The molecule has 0 aromatic heterocycles. The van der Waals surface area contributed by atoms with Gasteiger partial charge in [-0.3, -0.25) is 0 Å². The molecule has 0 unspecified atom stereocenters. The number of carbonyl (C=O) groups is 2. The fraction of sp³-hybridized carbons (Fsp3) is 0.400. The number of rotatable bonds is 11. The van der Waals surface area contributed by atoms with Crippen LogP contribution in [-0.4, -0.2) is 52.1 Å². The second-order valence-electron chi connectivity index (χ2n) is 8.27. The van der Waals surface area contributed by atoms with Gasteiger partial charge in [0.05, 0.1) is 20.8 Å². The highest BCUT2D eigenvalue weighted by Crippen LogP contribution is 2.20. The third kappa shape index (κ3) is 12.8. The Morgan fingerprint density at radius 2 is 1.27 bits per heavy atom. The van der Waals surface area contributed by atoms with Gasteiger partial charge in [-0.25, -0.2) is 9.59 Å². The minimum Gasteiger partial charge on any atom is -0.497 e. The first-order valence-electron chi connectivity index (χ1n) is 12.6. The molecule has 0 radical (unpaired) electrons. The smallest absolute Gasteiger partial charge is 0.331 e. The molecule has 0 bridgehead atoms. The van der Waals surface area contributed by atoms with Crippen molar-refractivity contribution in [2.45, 2.75) is 45.1 Å². The maximum Gasteiger partial charge on any atom is 0.331 e. The predicted octanol–water partition coefficient (Wildman–Crippen LogP) is 5.87. The first-order valence-corrected chi connectivity index (χ1v) is 12.6. The maximum absolute atomic E-state index is 11.7. The number of esters is 2. The topological polar surface area (TPSA) is 80.3 Å². The van der Waals surface area contributed by atoms with E-state index in [1.165, 1.54) is 31.4 Å². The second-order valence-corrected chi connectivity index (χ2v) is 8.27. The average Bonchev–Trinajstić information content (AvgIpc) is 2.94. The summed E-state index contributed by atoms with van der Waals surface area (Å²) >= 11 is 0. The summed E-state index contributed by atoms with van der Waals surface area (Å²) in [5.41, 5.74) is 1.87. The fourth-order valence-corrected chi connectivity index (χ4v) is 3.54. The van der Waals surface area contributed by atoms with Crippen molar-refractivity contribution in [3.05, 3.63) is 71.8 Å². The van der Waals surface area contributed by atoms with Crippen molar-refractivity contribution in [2.75, 3.05) is 34.0 Å². The van der Waals surface area contributed by atoms with Crippen molar-refractivity contribution >= 4 is 24.1 Å². The summed E-state index contributed by atoms with van der Waals surface area (Å²) in [5, 5.41) is 0. The van der Waals surface area contributed by atoms with Crippen LogP contribution in [0.25, 0.3) is 12.2 Å². The average molecular weight is 511 g/mol. The van der Waals surface area contributed by atoms with Crippen molar-refractivity contribution in [2.24, 2.45) is 0 Å². The minimum atomic E-state index is -0.370. The van der Waals surface area contributed by atoms with Crippen LogP contribution < -0.4 is 9.47 Å². The van der Waals surface area contributed by atoms with E-state index >= 15 is 0 Å². The molecule has 0 N–H and O–H groups in total. The summed E-state index contributed by atoms with van der Waals surface area (Å²) in [4.78, 5) is 23.0. The predicted molar refractivity (Wildman–Crippen MR) is 144 cm³/mol. The highest BCUT2D eigenvalue weighted by atomic mass is 16.6. The Morgan fingerprint density at radius 1 is 0.757 bits per heavy atom. The normalized spacial score (nSPS) is 13.6. The fourth-order valence-electron chi connectivity index (χ4n) is 3.54. The molecule has 0 amide bonds. The van der Waals surface area contributed by atoms with Crippen LogP contribution in [0.15, 0.2) is 60.7 Å². The van der Waals surface area contributed by atoms with Gasteiger partial charge in [0.2, 0.25) is 0 Å². The monoisotopic (exact) mass is 510 g/mol. The summed E-state index contributed by atoms with van der Waals surface area (Å²) in [5.74, 6) is 0.974. The van der Waals surface area contributed by atoms with Gasteiger partial charge in [0.15, 0.2) is 0 Å². The number of methoxy groups -OCH3 is 2. The third-order valence-corrected chi connectivity index (χ3v) is 5.57. The lowest BCUT2D eigenvalue weighted by atomic mass is 9.98. The lowest BCUT2D eigenvalue weighted by Gasteiger charge is -2.20. The highest BCUT2D eigenvalue weighted by Gasteiger charge is 2.16. The molecule has 7 heteroatoms. The molecule has 0 saturated heterocycles. The second kappa shape index (κ2) is 17.8. The largest absolute Gasteiger partial charge is 0.497 e. The molecule has 37 heavy (non-hydrogen) atoms. The quantitative estimate of drug-likeness (QED) is 0.212. The van der Waals surface area contributed by atoms with Crippen LogP contribution >= 0.6 is 0 Å². The van der Waals surface area contributed by atoms with Crippen molar-refractivity contribution in [1.82, 2.24) is 0 Å². The molecule has 3 rings (SSSR count). The van der Waals surface area contributed by atoms with Gasteiger partial charge >= 0.3 is 11.9 Å². The third-order valence-electron chi connectivity index (χ3n) is 5.57. The Balaban J connectivity index is 0.000000261. The van der Waals surface area contributed by atoms with Crippen molar-refractivity contribution in [1.29, 1.82) is 0 Å². The molecule has 0 heterocycles. The summed E-state index contributed by atoms with van der Waals surface area (Å²) in [7, 11) is 3.24. The summed E-state index contributed by atoms with van der Waals surface area (Å²) in [6, 6.07) is 14.9. The van der Waals surface area contributed by atoms with E-state index in [4.69, 9.17) is 23.7 Å². The van der Waals surface area contributed by atoms with Crippen LogP contribution in [0.5, 0.6) is 11.5 Å². The van der Waals surface area contributed by atoms with Crippen LogP contribution in [0.4, 0.5) is 0 Å². The van der Waals surface area contributed by atoms with Crippen LogP contribution in [-0.2, 0) is 23.8 Å². The molecule has 1 aliphatic rings. The molecule has 0 spiro atoms. The lowest BCUT2D eigenvalue weighted by molar-refractivity contribution is -0.144. The van der Waals surface area contributed by atoms with Crippen LogP contribution in [0, 0.1) is 0 Å². The molecule has 0 atom stereocenters. The zero-order chi connectivity index (χ0) is 26.7. The first kappa shape index (κ1) is 29.6. The van der Waals surface area contributed by atoms with Crippen LogP contribution in [0.1, 0.15) is 50.2 Å². The van der Waals surface area contributed by atoms with Crippen molar-refractivity contribution in [3.8, 4) is 11.5 Å². The van der Waals surface area contributed by atoms with E-state index in [0.29, 0.717) is 13.2 Å². The Bertz CT molecular complexity index is 972. The molecule has 2 aromatic rings. The summed E-state index contributed by atoms with van der Waals surface area (Å²) < 4.78 is 25.5. The Kier molecular flexibility index (Phi) is 14.3. The van der Waals surface area contributed by atoms with Crippen LogP contribution in [0.2, 0.25) is 0 Å². The SMILES string of the molecule is CCOCCOC(=O)C=Cc1ccc(OC)cc1.COc1ccc(C=CC(=O)OC2CCCCC2)cc1. The zero-order valence-electron chi connectivity index (χ0n) is 22.0. The number of benzene rings is 2. The highest BCUT2D eigenvalue weighted by molar-refractivity contribution is 5.87. The molecule has 1 saturated carbocycles. The Hall–Kier alpha value is -3.58. The van der Waals surface area contributed by atoms with Gasteiger partial charge in [-0.05, 0) is 80.2 Å². The van der Waals surface area contributed by atoms with E-state index in [1.807, 2.05) is 55.5 Å². The molecule has 1 fully saturated rings. The van der Waals surface area contributed by atoms with E-state index in [2.05, 4.69) is 0 Å². The van der Waals surface area contributed by atoms with Gasteiger partial charge in [-0.1, -0.05) is 30.7 Å². The van der Waals surface area contributed by atoms with E-state index in [0.717, 1.165) is 35.5 Å². The molecule has 2 aromatic carbocycles. The number of hydrogen-bond acceptors (Lipinski definition) is 7. The van der Waals surface area contributed by atoms with E-state index in [1.54, 1.807) is 26.4 Å². The van der Waals surface area contributed by atoms with Crippen molar-refractivity contribution < 1.29 is 33.3 Å². The molecule has 0 aliphatic heterocycles. The zero-order valence-corrected chi connectivity index (χ0v) is 22.0. The number of ether oxygens (including phenoxy) is 5. The van der Waals surface area contributed by atoms with Gasteiger partial charge < -0.3 is 23.7 Å². The van der Waals surface area contributed by atoms with Gasteiger partial charge in [-0.2, -0.15) is 0 Å². The van der Waals surface area contributed by atoms with Crippen molar-refractivity contribution in [3.63, 3.8) is 0 Å². The van der Waals surface area contributed by atoms with Gasteiger partial charge in [0.25, 0.3) is 0 Å². The van der Waals surface area contributed by atoms with Gasteiger partial charge in [0, 0.05) is 18.8 Å². The standard InChI is InChI=1S/C16H20O3.C14H18O4/c1-18-14-10-7-13(8-11-14)9-12-16(17)19-15-5-3-2-4-6-15;1-3-17-10-11-18-14(15)9-6-12-4-7-13(16-2)8-5-12/h7-12,15H,2-6H2,1H3;4-9H,3,10-11H2,1-2H3. The Morgan fingerprint density at radius 3 is 1.76 bits per heavy atom. The van der Waals surface area contributed by atoms with Gasteiger partial charge in [0.1, 0.15) is 24.2 Å². The number of carbonyl (C=O) groups excluding carboxylic acids is 2. The molecule has 200 valence electrons. The minimum absolute atomic E-state index is 0.113. The molecule has 7 nitrogen and oxygen atoms in total. The number of hydrogen-bond donors (Lipinski definition) is 0. The van der Waals surface area contributed by atoms with E-state index in [9.17, 15) is 9.59 Å². The van der Waals surface area contributed by atoms with Gasteiger partial charge in [-0.15, -0.1) is 0 Å². The molecule has 1 aliphatic carbocycles. The van der Waals surface area contributed by atoms with E-state index in [-0.39, 0.29) is 24.6 Å². The summed E-state index contributed by atoms with van der Waals surface area (Å²) in [6.07, 6.45) is 12.1. The van der Waals surface area contributed by atoms with Crippen LogP contribution in [0.3, 0.4) is 0 Å². The summed E-state index contributed by atoms with van der Waals surface area (Å²) in [6.45, 7) is 3.23. The maximum atomic E-state index is 11.7. The first-order chi connectivity index (χ1) is 18.0. The molecular weight excluding hydrogens is 472 g/mol. The lowest BCUT2D eigenvalue weighted by Crippen LogP contribution is -2.19. The van der Waals surface area contributed by atoms with E-state index < -0.39 is 0 Å². The Labute approximate surface area is 220 Å². The molecular formula is C30H38O7.